The molecule has 4 rings (SSSR count). The van der Waals surface area contributed by atoms with E-state index in [0.29, 0.717) is 18.3 Å². The largest absolute Gasteiger partial charge is 0.458 e. The molecule has 0 spiro atoms. The molecule has 0 aliphatic carbocycles. The predicted molar refractivity (Wildman–Crippen MR) is 138 cm³/mol. The molecule has 0 radical (unpaired) electrons. The Labute approximate surface area is 211 Å². The number of benzene rings is 2. The number of para-hydroxylation sites is 1. The predicted octanol–water partition coefficient (Wildman–Crippen LogP) is 5.66. The number of anilines is 4. The van der Waals surface area contributed by atoms with Gasteiger partial charge in [-0.25, -0.2) is 14.2 Å². The Bertz CT molecular complexity index is 1130. The molecule has 36 heavy (non-hydrogen) atoms. The molecule has 2 aromatic carbocycles. The summed E-state index contributed by atoms with van der Waals surface area (Å²) in [6.45, 7) is 7.68. The van der Waals surface area contributed by atoms with Gasteiger partial charge in [0.15, 0.2) is 5.82 Å². The lowest BCUT2D eigenvalue weighted by Crippen LogP contribution is -2.36. The topological polar surface area (TPSA) is 67.8 Å². The van der Waals surface area contributed by atoms with Crippen LogP contribution in [0.25, 0.3) is 0 Å². The van der Waals surface area contributed by atoms with Crippen LogP contribution in [0, 0.1) is 11.7 Å². The summed E-state index contributed by atoms with van der Waals surface area (Å²) >= 11 is 0. The average molecular weight is 493 g/mol. The van der Waals surface area contributed by atoms with Crippen molar-refractivity contribution in [2.24, 2.45) is 5.92 Å². The third kappa shape index (κ3) is 7.01. The quantitative estimate of drug-likeness (QED) is 0.376. The SMILES string of the molecule is CC(C)(C)OC(=O)COCC1CCN(c2cncc(N(c3ccccc3)c3ccc(F)cc3)n2)CC1. The highest BCUT2D eigenvalue weighted by molar-refractivity contribution is 5.74. The molecule has 1 aromatic heterocycles. The number of hydrogen-bond donors (Lipinski definition) is 0. The molecule has 2 heterocycles. The summed E-state index contributed by atoms with van der Waals surface area (Å²) in [4.78, 5) is 25.4. The van der Waals surface area contributed by atoms with Crippen molar-refractivity contribution in [3.05, 3.63) is 72.8 Å². The highest BCUT2D eigenvalue weighted by Gasteiger charge is 2.23. The van der Waals surface area contributed by atoms with Crippen molar-refractivity contribution in [2.75, 3.05) is 36.1 Å². The Morgan fingerprint density at radius 2 is 1.69 bits per heavy atom. The zero-order valence-corrected chi connectivity index (χ0v) is 21.1. The molecule has 8 heteroatoms. The molecular formula is C28H33FN4O3. The van der Waals surface area contributed by atoms with Crippen LogP contribution >= 0.6 is 0 Å². The van der Waals surface area contributed by atoms with E-state index in [0.717, 1.165) is 43.1 Å². The van der Waals surface area contributed by atoms with Crippen LogP contribution in [-0.4, -0.2) is 47.8 Å². The fraction of sp³-hybridized carbons (Fsp3) is 0.393. The maximum absolute atomic E-state index is 13.6. The summed E-state index contributed by atoms with van der Waals surface area (Å²) in [5.41, 5.74) is 1.21. The lowest BCUT2D eigenvalue weighted by molar-refractivity contribution is -0.160. The Morgan fingerprint density at radius 1 is 1.03 bits per heavy atom. The minimum atomic E-state index is -0.506. The van der Waals surface area contributed by atoms with Crippen LogP contribution in [0.4, 0.5) is 27.4 Å². The van der Waals surface area contributed by atoms with Crippen molar-refractivity contribution >= 4 is 29.0 Å². The van der Waals surface area contributed by atoms with Crippen LogP contribution in [0.1, 0.15) is 33.6 Å². The molecule has 7 nitrogen and oxygen atoms in total. The van der Waals surface area contributed by atoms with Crippen LogP contribution in [-0.2, 0) is 14.3 Å². The highest BCUT2D eigenvalue weighted by Crippen LogP contribution is 2.34. The number of ether oxygens (including phenoxy) is 2. The average Bonchev–Trinajstić information content (AvgIpc) is 2.86. The molecule has 1 saturated heterocycles. The van der Waals surface area contributed by atoms with E-state index in [1.807, 2.05) is 56.0 Å². The molecule has 190 valence electrons. The second-order valence-corrected chi connectivity index (χ2v) is 9.91. The van der Waals surface area contributed by atoms with Crippen molar-refractivity contribution < 1.29 is 18.7 Å². The molecule has 0 unspecified atom stereocenters. The van der Waals surface area contributed by atoms with E-state index in [1.165, 1.54) is 12.1 Å². The number of nitrogens with zero attached hydrogens (tertiary/aromatic N) is 4. The van der Waals surface area contributed by atoms with E-state index in [1.54, 1.807) is 24.5 Å². The second-order valence-electron chi connectivity index (χ2n) is 9.91. The van der Waals surface area contributed by atoms with Gasteiger partial charge in [0.2, 0.25) is 0 Å². The van der Waals surface area contributed by atoms with E-state index in [4.69, 9.17) is 14.5 Å². The Hall–Kier alpha value is -3.52. The van der Waals surface area contributed by atoms with Crippen LogP contribution in [0.3, 0.4) is 0 Å². The number of halogens is 1. The van der Waals surface area contributed by atoms with Crippen molar-refractivity contribution in [2.45, 2.75) is 39.2 Å². The maximum atomic E-state index is 13.6. The number of carbonyl (C=O) groups excluding carboxylic acids is 1. The van der Waals surface area contributed by atoms with Crippen molar-refractivity contribution in [1.29, 1.82) is 0 Å². The minimum Gasteiger partial charge on any atom is -0.458 e. The highest BCUT2D eigenvalue weighted by atomic mass is 19.1. The first-order valence-corrected chi connectivity index (χ1v) is 12.3. The first kappa shape index (κ1) is 25.6. The number of rotatable bonds is 8. The van der Waals surface area contributed by atoms with Crippen LogP contribution in [0.2, 0.25) is 0 Å². The van der Waals surface area contributed by atoms with Crippen LogP contribution in [0.15, 0.2) is 67.0 Å². The van der Waals surface area contributed by atoms with Gasteiger partial charge in [0.25, 0.3) is 0 Å². The smallest absolute Gasteiger partial charge is 0.332 e. The summed E-state index contributed by atoms with van der Waals surface area (Å²) in [6.07, 6.45) is 5.36. The lowest BCUT2D eigenvalue weighted by atomic mass is 9.98. The summed E-state index contributed by atoms with van der Waals surface area (Å²) in [6, 6.07) is 16.2. The molecule has 1 aliphatic heterocycles. The second kappa shape index (κ2) is 11.5. The summed E-state index contributed by atoms with van der Waals surface area (Å²) < 4.78 is 24.5. The van der Waals surface area contributed by atoms with Gasteiger partial charge in [-0.1, -0.05) is 18.2 Å². The molecule has 0 bridgehead atoms. The third-order valence-corrected chi connectivity index (χ3v) is 5.87. The number of aromatic nitrogens is 2. The molecule has 0 N–H and O–H groups in total. The minimum absolute atomic E-state index is 0.0241. The standard InChI is InChI=1S/C28H33FN4O3/c1-28(2,3)36-27(34)20-35-19-21-13-15-32(16-14-21)25-17-30-18-26(31-25)33(23-7-5-4-6-8-23)24-11-9-22(29)10-12-24/h4-12,17-18,21H,13-16,19-20H2,1-3H3. The molecule has 1 aliphatic rings. The zero-order chi connectivity index (χ0) is 25.5. The fourth-order valence-corrected chi connectivity index (χ4v) is 4.20. The van der Waals surface area contributed by atoms with E-state index in [9.17, 15) is 9.18 Å². The summed E-state index contributed by atoms with van der Waals surface area (Å²) in [5.74, 6) is 1.21. The molecule has 3 aromatic rings. The summed E-state index contributed by atoms with van der Waals surface area (Å²) in [5, 5.41) is 0. The van der Waals surface area contributed by atoms with Gasteiger partial charge < -0.3 is 14.4 Å². The lowest BCUT2D eigenvalue weighted by Gasteiger charge is -2.33. The van der Waals surface area contributed by atoms with E-state index < -0.39 is 5.60 Å². The summed E-state index contributed by atoms with van der Waals surface area (Å²) in [7, 11) is 0. The first-order chi connectivity index (χ1) is 17.3. The number of piperidine rings is 1. The molecule has 1 fully saturated rings. The van der Waals surface area contributed by atoms with Gasteiger partial charge in [0, 0.05) is 24.5 Å². The van der Waals surface area contributed by atoms with Gasteiger partial charge in [-0.3, -0.25) is 9.88 Å². The number of hydrogen-bond acceptors (Lipinski definition) is 7. The Balaban J connectivity index is 1.40. The van der Waals surface area contributed by atoms with Crippen molar-refractivity contribution in [3.63, 3.8) is 0 Å². The van der Waals surface area contributed by atoms with Gasteiger partial charge in [0.1, 0.15) is 23.8 Å². The number of esters is 1. The Morgan fingerprint density at radius 3 is 2.36 bits per heavy atom. The van der Waals surface area contributed by atoms with Gasteiger partial charge >= 0.3 is 5.97 Å². The number of carbonyl (C=O) groups is 1. The first-order valence-electron chi connectivity index (χ1n) is 12.3. The molecule has 0 amide bonds. The van der Waals surface area contributed by atoms with E-state index in [-0.39, 0.29) is 18.4 Å². The Kier molecular flexibility index (Phi) is 8.15. The molecular weight excluding hydrogens is 459 g/mol. The fourth-order valence-electron chi connectivity index (χ4n) is 4.20. The van der Waals surface area contributed by atoms with Gasteiger partial charge in [0.05, 0.1) is 19.0 Å². The molecule has 0 atom stereocenters. The zero-order valence-electron chi connectivity index (χ0n) is 21.1. The maximum Gasteiger partial charge on any atom is 0.332 e. The van der Waals surface area contributed by atoms with Gasteiger partial charge in [-0.05, 0) is 75.9 Å². The molecule has 0 saturated carbocycles. The van der Waals surface area contributed by atoms with Crippen LogP contribution in [0.5, 0.6) is 0 Å². The normalized spacial score (nSPS) is 14.5. The van der Waals surface area contributed by atoms with Gasteiger partial charge in [-0.15, -0.1) is 0 Å². The van der Waals surface area contributed by atoms with E-state index in [2.05, 4.69) is 9.88 Å². The van der Waals surface area contributed by atoms with Crippen LogP contribution < -0.4 is 9.80 Å². The van der Waals surface area contributed by atoms with Gasteiger partial charge in [-0.2, -0.15) is 0 Å². The van der Waals surface area contributed by atoms with Crippen molar-refractivity contribution in [1.82, 2.24) is 9.97 Å². The third-order valence-electron chi connectivity index (χ3n) is 5.87. The van der Waals surface area contributed by atoms with E-state index >= 15 is 0 Å². The van der Waals surface area contributed by atoms with Crippen molar-refractivity contribution in [3.8, 4) is 0 Å². The monoisotopic (exact) mass is 492 g/mol.